The maximum Gasteiger partial charge on any atom is 0.426 e. The van der Waals surface area contributed by atoms with Crippen molar-refractivity contribution in [2.45, 2.75) is 58.5 Å². The Hall–Kier alpha value is -1.08. The molecule has 0 unspecified atom stereocenters. The third kappa shape index (κ3) is 11.7. The molecule has 0 N–H and O–H groups in total. The lowest BCUT2D eigenvalue weighted by Crippen LogP contribution is -2.07. The topological polar surface area (TPSA) is 27.7 Å². The van der Waals surface area contributed by atoms with Crippen LogP contribution in [0, 0.1) is 0 Å². The highest BCUT2D eigenvalue weighted by molar-refractivity contribution is 6.55. The summed E-state index contributed by atoms with van der Waals surface area (Å²) in [7, 11) is 0. The van der Waals surface area contributed by atoms with E-state index in [0.717, 1.165) is 60.8 Å². The van der Waals surface area contributed by atoms with E-state index in [2.05, 4.69) is 13.8 Å². The zero-order valence-electron chi connectivity index (χ0n) is 18.4. The summed E-state index contributed by atoms with van der Waals surface area (Å²) in [6, 6.07) is 3.94. The first-order valence-corrected chi connectivity index (χ1v) is 11.8. The van der Waals surface area contributed by atoms with Gasteiger partial charge in [0.15, 0.2) is 0 Å². The Morgan fingerprint density at radius 2 is 1.50 bits per heavy atom. The van der Waals surface area contributed by atoms with Gasteiger partial charge in [0.2, 0.25) is 0 Å². The largest absolute Gasteiger partial charge is 0.493 e. The normalized spacial score (nSPS) is 12.1. The number of hydrogen-bond donors (Lipinski definition) is 0. The van der Waals surface area contributed by atoms with Crippen LogP contribution >= 0.6 is 34.8 Å². The summed E-state index contributed by atoms with van der Waals surface area (Å²) in [5.41, 5.74) is 2.16. The van der Waals surface area contributed by atoms with Gasteiger partial charge in [-0.2, -0.15) is 13.2 Å². The van der Waals surface area contributed by atoms with Crippen molar-refractivity contribution in [3.8, 4) is 11.5 Å². The van der Waals surface area contributed by atoms with Gasteiger partial charge in [0.1, 0.15) is 27.6 Å². The average Bonchev–Trinajstić information content (AvgIpc) is 2.73. The first-order valence-electron chi connectivity index (χ1n) is 10.6. The Kier molecular flexibility index (Phi) is 14.2. The van der Waals surface area contributed by atoms with Gasteiger partial charge in [-0.15, -0.1) is 0 Å². The van der Waals surface area contributed by atoms with E-state index in [4.69, 9.17) is 49.0 Å². The molecule has 9 heteroatoms. The highest BCUT2D eigenvalue weighted by Gasteiger charge is 2.31. The predicted octanol–water partition coefficient (Wildman–Crippen LogP) is 8.15. The summed E-state index contributed by atoms with van der Waals surface area (Å²) in [6.07, 6.45) is 2.36. The second-order valence-corrected chi connectivity index (χ2v) is 8.36. The van der Waals surface area contributed by atoms with E-state index in [1.54, 1.807) is 6.08 Å². The molecule has 0 spiro atoms. The molecule has 0 aliphatic rings. The van der Waals surface area contributed by atoms with E-state index in [0.29, 0.717) is 19.8 Å². The molecule has 0 heterocycles. The Morgan fingerprint density at radius 1 is 0.875 bits per heavy atom. The number of benzene rings is 1. The van der Waals surface area contributed by atoms with Gasteiger partial charge < -0.3 is 14.2 Å². The molecule has 32 heavy (non-hydrogen) atoms. The maximum absolute atomic E-state index is 12.2. The molecule has 1 aromatic carbocycles. The third-order valence-corrected chi connectivity index (χ3v) is 5.18. The average molecular weight is 518 g/mol. The molecule has 0 saturated carbocycles. The van der Waals surface area contributed by atoms with E-state index in [-0.39, 0.29) is 17.5 Å². The molecule has 0 bridgehead atoms. The van der Waals surface area contributed by atoms with E-state index >= 15 is 0 Å². The van der Waals surface area contributed by atoms with Gasteiger partial charge in [0, 0.05) is 6.61 Å². The molecule has 0 atom stereocenters. The molecule has 1 aromatic rings. The molecule has 0 aromatic heterocycles. The van der Waals surface area contributed by atoms with Crippen LogP contribution in [0.1, 0.15) is 50.7 Å². The predicted molar refractivity (Wildman–Crippen MR) is 125 cm³/mol. The number of rotatable bonds is 15. The first-order chi connectivity index (χ1) is 15.2. The molecule has 0 aliphatic heterocycles. The van der Waals surface area contributed by atoms with Crippen molar-refractivity contribution in [2.24, 2.45) is 0 Å². The van der Waals surface area contributed by atoms with Crippen LogP contribution in [0.3, 0.4) is 0 Å². The van der Waals surface area contributed by atoms with Gasteiger partial charge in [-0.1, -0.05) is 54.7 Å². The Bertz CT molecular complexity index is 721. The lowest BCUT2D eigenvalue weighted by molar-refractivity contribution is -0.0848. The van der Waals surface area contributed by atoms with Gasteiger partial charge >= 0.3 is 6.18 Å². The number of hydrogen-bond acceptors (Lipinski definition) is 3. The summed E-state index contributed by atoms with van der Waals surface area (Å²) in [5, 5.41) is -1.10. The van der Waals surface area contributed by atoms with Gasteiger partial charge in [-0.25, -0.2) is 0 Å². The molecule has 3 nitrogen and oxygen atoms in total. The van der Waals surface area contributed by atoms with E-state index in [1.165, 1.54) is 0 Å². The van der Waals surface area contributed by atoms with Gasteiger partial charge in [-0.3, -0.25) is 0 Å². The number of allylic oxidation sites excluding steroid dienone is 1. The monoisotopic (exact) mass is 516 g/mol. The second kappa shape index (κ2) is 15.7. The van der Waals surface area contributed by atoms with Crippen LogP contribution in [0.15, 0.2) is 33.8 Å². The Balaban J connectivity index is 2.37. The summed E-state index contributed by atoms with van der Waals surface area (Å²) in [6.45, 7) is 5.70. The fraction of sp³-hybridized carbons (Fsp3) is 0.565. The standard InChI is InChI=1S/C23H30Cl3F3O3/c1-3-17-15-19(31-14-10-21(25)26)16-18(4-2)22(17)32-13-7-5-6-11-30-12-8-9-20(24)23(27,28)29/h9-10,15-16H,3-8,11-14H2,1-2H3/b20-9-. The molecule has 0 radical (unpaired) electrons. The summed E-state index contributed by atoms with van der Waals surface area (Å²) >= 11 is 16.4. The highest BCUT2D eigenvalue weighted by atomic mass is 35.5. The van der Waals surface area contributed by atoms with Gasteiger partial charge in [0.25, 0.3) is 0 Å². The number of halogens is 6. The van der Waals surface area contributed by atoms with Crippen molar-refractivity contribution in [3.63, 3.8) is 0 Å². The van der Waals surface area contributed by atoms with Crippen LogP contribution in [0.5, 0.6) is 11.5 Å². The van der Waals surface area contributed by atoms with E-state index < -0.39 is 11.2 Å². The number of aryl methyl sites for hydroxylation is 2. The molecular weight excluding hydrogens is 488 g/mol. The zero-order valence-corrected chi connectivity index (χ0v) is 20.6. The van der Waals surface area contributed by atoms with Crippen molar-refractivity contribution < 1.29 is 27.4 Å². The molecule has 0 aliphatic carbocycles. The zero-order chi connectivity index (χ0) is 24.0. The van der Waals surface area contributed by atoms with Crippen LogP contribution in [-0.2, 0) is 17.6 Å². The Labute approximate surface area is 203 Å². The SMILES string of the molecule is CCc1cc(OCC=C(Cl)Cl)cc(CC)c1OCCCCCOCC/C=C(\Cl)C(F)(F)F. The lowest BCUT2D eigenvalue weighted by Gasteiger charge is -2.17. The quantitative estimate of drug-likeness (QED) is 0.220. The Morgan fingerprint density at radius 3 is 2.06 bits per heavy atom. The third-order valence-electron chi connectivity index (χ3n) is 4.50. The van der Waals surface area contributed by atoms with Crippen molar-refractivity contribution in [1.29, 1.82) is 0 Å². The van der Waals surface area contributed by atoms with Gasteiger partial charge in [-0.05, 0) is 67.9 Å². The molecule has 1 rings (SSSR count). The van der Waals surface area contributed by atoms with Crippen molar-refractivity contribution in [3.05, 3.63) is 44.9 Å². The molecular formula is C23H30Cl3F3O3. The number of ether oxygens (including phenoxy) is 3. The summed E-state index contributed by atoms with van der Waals surface area (Å²) < 4.78 is 54.0. The lowest BCUT2D eigenvalue weighted by atomic mass is 10.0. The maximum atomic E-state index is 12.2. The van der Waals surface area contributed by atoms with Crippen LogP contribution < -0.4 is 9.47 Å². The molecule has 0 fully saturated rings. The van der Waals surface area contributed by atoms with E-state index in [1.807, 2.05) is 12.1 Å². The van der Waals surface area contributed by atoms with Crippen LogP contribution in [-0.4, -0.2) is 32.6 Å². The number of alkyl halides is 3. The van der Waals surface area contributed by atoms with Crippen molar-refractivity contribution in [1.82, 2.24) is 0 Å². The van der Waals surface area contributed by atoms with Gasteiger partial charge in [0.05, 0.1) is 13.2 Å². The molecule has 0 saturated heterocycles. The molecule has 182 valence electrons. The van der Waals surface area contributed by atoms with Crippen molar-refractivity contribution in [2.75, 3.05) is 26.4 Å². The minimum Gasteiger partial charge on any atom is -0.493 e. The fourth-order valence-electron chi connectivity index (χ4n) is 2.86. The minimum absolute atomic E-state index is 0.135. The molecule has 0 amide bonds. The smallest absolute Gasteiger partial charge is 0.426 e. The highest BCUT2D eigenvalue weighted by Crippen LogP contribution is 2.31. The fourth-order valence-corrected chi connectivity index (χ4v) is 3.10. The van der Waals surface area contributed by atoms with Crippen LogP contribution in [0.2, 0.25) is 0 Å². The number of unbranched alkanes of at least 4 members (excludes halogenated alkanes) is 2. The summed E-state index contributed by atoms with van der Waals surface area (Å²) in [4.78, 5) is 0. The van der Waals surface area contributed by atoms with Crippen LogP contribution in [0.4, 0.5) is 13.2 Å². The minimum atomic E-state index is -4.49. The van der Waals surface area contributed by atoms with Crippen molar-refractivity contribution >= 4 is 34.8 Å². The summed E-state index contributed by atoms with van der Waals surface area (Å²) in [5.74, 6) is 1.65. The van der Waals surface area contributed by atoms with E-state index in [9.17, 15) is 13.2 Å². The second-order valence-electron chi connectivity index (χ2n) is 6.94. The first kappa shape index (κ1) is 29.0. The van der Waals surface area contributed by atoms with Crippen LogP contribution in [0.25, 0.3) is 0 Å².